The maximum Gasteiger partial charge on any atom is 0.129 e. The van der Waals surface area contributed by atoms with Crippen molar-refractivity contribution in [2.75, 3.05) is 26.3 Å². The quantitative estimate of drug-likeness (QED) is 0.842. The van der Waals surface area contributed by atoms with Gasteiger partial charge in [-0.25, -0.2) is 0 Å². The summed E-state index contributed by atoms with van der Waals surface area (Å²) in [5, 5.41) is 10.00. The standard InChI is InChI=1S/C14H23NO4/c1-11-8-19-12(2)6-15(11)7-13(16)9-17-10-14-4-3-5-18-14/h3-5,11-13,16H,6-10H2,1-2H3. The Kier molecular flexibility index (Phi) is 5.39. The van der Waals surface area contributed by atoms with E-state index in [0.717, 1.165) is 18.9 Å². The predicted molar refractivity (Wildman–Crippen MR) is 70.8 cm³/mol. The minimum absolute atomic E-state index is 0.229. The summed E-state index contributed by atoms with van der Waals surface area (Å²) in [6.45, 7) is 7.09. The van der Waals surface area contributed by atoms with Crippen LogP contribution in [-0.4, -0.2) is 54.6 Å². The summed E-state index contributed by atoms with van der Waals surface area (Å²) in [4.78, 5) is 2.25. The largest absolute Gasteiger partial charge is 0.467 e. The van der Waals surface area contributed by atoms with Crippen LogP contribution < -0.4 is 0 Å². The highest BCUT2D eigenvalue weighted by Crippen LogP contribution is 2.12. The van der Waals surface area contributed by atoms with Crippen molar-refractivity contribution in [1.82, 2.24) is 4.90 Å². The van der Waals surface area contributed by atoms with E-state index in [1.54, 1.807) is 6.26 Å². The lowest BCUT2D eigenvalue weighted by Gasteiger charge is -2.37. The van der Waals surface area contributed by atoms with Crippen LogP contribution in [0.1, 0.15) is 19.6 Å². The molecule has 1 aliphatic rings. The van der Waals surface area contributed by atoms with E-state index in [4.69, 9.17) is 13.9 Å². The van der Waals surface area contributed by atoms with Crippen molar-refractivity contribution >= 4 is 0 Å². The Hall–Kier alpha value is -0.880. The van der Waals surface area contributed by atoms with Crippen LogP contribution in [0.4, 0.5) is 0 Å². The van der Waals surface area contributed by atoms with Gasteiger partial charge in [-0.3, -0.25) is 4.90 Å². The molecular formula is C14H23NO4. The van der Waals surface area contributed by atoms with Gasteiger partial charge in [0.05, 0.1) is 31.7 Å². The van der Waals surface area contributed by atoms with Crippen LogP contribution in [0.25, 0.3) is 0 Å². The second-order valence-electron chi connectivity index (χ2n) is 5.20. The predicted octanol–water partition coefficient (Wildman–Crippen LogP) is 1.27. The Morgan fingerprint density at radius 3 is 3.11 bits per heavy atom. The summed E-state index contributed by atoms with van der Waals surface area (Å²) in [6, 6.07) is 4.03. The molecule has 0 aliphatic carbocycles. The molecule has 0 amide bonds. The Morgan fingerprint density at radius 2 is 2.37 bits per heavy atom. The van der Waals surface area contributed by atoms with Crippen molar-refractivity contribution in [3.63, 3.8) is 0 Å². The minimum Gasteiger partial charge on any atom is -0.467 e. The van der Waals surface area contributed by atoms with Gasteiger partial charge in [0.25, 0.3) is 0 Å². The van der Waals surface area contributed by atoms with Gasteiger partial charge in [0, 0.05) is 19.1 Å². The lowest BCUT2D eigenvalue weighted by atomic mass is 10.2. The van der Waals surface area contributed by atoms with Crippen molar-refractivity contribution in [3.8, 4) is 0 Å². The van der Waals surface area contributed by atoms with Crippen molar-refractivity contribution in [3.05, 3.63) is 24.2 Å². The van der Waals surface area contributed by atoms with Crippen LogP contribution in [0.2, 0.25) is 0 Å². The van der Waals surface area contributed by atoms with Gasteiger partial charge in [-0.1, -0.05) is 0 Å². The summed E-state index contributed by atoms with van der Waals surface area (Å²) in [5.74, 6) is 0.778. The average molecular weight is 269 g/mol. The van der Waals surface area contributed by atoms with E-state index in [1.165, 1.54) is 0 Å². The zero-order valence-electron chi connectivity index (χ0n) is 11.6. The molecule has 1 aromatic heterocycles. The van der Waals surface area contributed by atoms with Gasteiger partial charge in [-0.05, 0) is 26.0 Å². The van der Waals surface area contributed by atoms with E-state index in [-0.39, 0.29) is 6.10 Å². The first-order chi connectivity index (χ1) is 9.15. The number of β-amino-alcohol motifs (C(OH)–C–C–N with tert-alkyl or cyclic N) is 1. The first-order valence-electron chi connectivity index (χ1n) is 6.79. The zero-order chi connectivity index (χ0) is 13.7. The summed E-state index contributed by atoms with van der Waals surface area (Å²) < 4.78 is 16.2. The van der Waals surface area contributed by atoms with Crippen molar-refractivity contribution < 1.29 is 19.0 Å². The zero-order valence-corrected chi connectivity index (χ0v) is 11.6. The number of rotatable bonds is 6. The molecule has 1 aliphatic heterocycles. The van der Waals surface area contributed by atoms with Crippen LogP contribution in [0.15, 0.2) is 22.8 Å². The molecule has 0 aromatic carbocycles. The van der Waals surface area contributed by atoms with E-state index in [2.05, 4.69) is 18.7 Å². The molecule has 1 aromatic rings. The summed E-state index contributed by atoms with van der Waals surface area (Å²) in [6.07, 6.45) is 1.36. The molecule has 2 heterocycles. The van der Waals surface area contributed by atoms with E-state index in [0.29, 0.717) is 25.8 Å². The lowest BCUT2D eigenvalue weighted by molar-refractivity contribution is -0.0717. The van der Waals surface area contributed by atoms with Crippen LogP contribution in [0.5, 0.6) is 0 Å². The van der Waals surface area contributed by atoms with Gasteiger partial charge >= 0.3 is 0 Å². The number of aliphatic hydroxyl groups excluding tert-OH is 1. The third kappa shape index (κ3) is 4.62. The summed E-state index contributed by atoms with van der Waals surface area (Å²) >= 11 is 0. The molecular weight excluding hydrogens is 246 g/mol. The van der Waals surface area contributed by atoms with Gasteiger partial charge < -0.3 is 19.0 Å². The number of hydrogen-bond acceptors (Lipinski definition) is 5. The monoisotopic (exact) mass is 269 g/mol. The fourth-order valence-electron chi connectivity index (χ4n) is 2.24. The minimum atomic E-state index is -0.484. The average Bonchev–Trinajstić information content (AvgIpc) is 2.87. The maximum atomic E-state index is 10.00. The number of nitrogens with zero attached hydrogens (tertiary/aromatic N) is 1. The fourth-order valence-corrected chi connectivity index (χ4v) is 2.24. The fraction of sp³-hybridized carbons (Fsp3) is 0.714. The molecule has 5 nitrogen and oxygen atoms in total. The Balaban J connectivity index is 1.67. The van der Waals surface area contributed by atoms with Gasteiger partial charge in [0.1, 0.15) is 12.4 Å². The third-order valence-electron chi connectivity index (χ3n) is 3.32. The second-order valence-corrected chi connectivity index (χ2v) is 5.20. The Bertz CT molecular complexity index is 354. The number of morpholine rings is 1. The summed E-state index contributed by atoms with van der Waals surface area (Å²) in [5.41, 5.74) is 0. The molecule has 0 bridgehead atoms. The first kappa shape index (κ1) is 14.5. The van der Waals surface area contributed by atoms with E-state index in [1.807, 2.05) is 12.1 Å². The highest BCUT2D eigenvalue weighted by Gasteiger charge is 2.25. The number of aliphatic hydroxyl groups is 1. The normalized spacial score (nSPS) is 26.5. The highest BCUT2D eigenvalue weighted by molar-refractivity contribution is 4.96. The molecule has 3 atom stereocenters. The summed E-state index contributed by atoms with van der Waals surface area (Å²) in [7, 11) is 0. The van der Waals surface area contributed by atoms with E-state index in [9.17, 15) is 5.11 Å². The van der Waals surface area contributed by atoms with Gasteiger partial charge in [-0.15, -0.1) is 0 Å². The molecule has 108 valence electrons. The first-order valence-corrected chi connectivity index (χ1v) is 6.79. The van der Waals surface area contributed by atoms with Crippen LogP contribution in [0.3, 0.4) is 0 Å². The van der Waals surface area contributed by atoms with Crippen molar-refractivity contribution in [1.29, 1.82) is 0 Å². The van der Waals surface area contributed by atoms with Crippen molar-refractivity contribution in [2.45, 2.75) is 38.7 Å². The third-order valence-corrected chi connectivity index (χ3v) is 3.32. The smallest absolute Gasteiger partial charge is 0.129 e. The number of ether oxygens (including phenoxy) is 2. The SMILES string of the molecule is CC1CN(CC(O)COCc2ccco2)C(C)CO1. The molecule has 0 radical (unpaired) electrons. The topological polar surface area (TPSA) is 55.1 Å². The lowest BCUT2D eigenvalue weighted by Crippen LogP contribution is -2.50. The van der Waals surface area contributed by atoms with Crippen LogP contribution in [-0.2, 0) is 16.1 Å². The van der Waals surface area contributed by atoms with E-state index < -0.39 is 6.10 Å². The van der Waals surface area contributed by atoms with Gasteiger partial charge in [0.15, 0.2) is 0 Å². The van der Waals surface area contributed by atoms with Crippen LogP contribution >= 0.6 is 0 Å². The molecule has 0 spiro atoms. The molecule has 1 saturated heterocycles. The molecule has 19 heavy (non-hydrogen) atoms. The molecule has 3 unspecified atom stereocenters. The number of hydrogen-bond donors (Lipinski definition) is 1. The van der Waals surface area contributed by atoms with E-state index >= 15 is 0 Å². The highest BCUT2D eigenvalue weighted by atomic mass is 16.5. The molecule has 1 N–H and O–H groups in total. The molecule has 0 saturated carbocycles. The number of furan rings is 1. The Labute approximate surface area is 114 Å². The second kappa shape index (κ2) is 7.05. The van der Waals surface area contributed by atoms with Gasteiger partial charge in [0.2, 0.25) is 0 Å². The Morgan fingerprint density at radius 1 is 1.53 bits per heavy atom. The molecule has 2 rings (SSSR count). The maximum absolute atomic E-state index is 10.00. The molecule has 5 heteroatoms. The van der Waals surface area contributed by atoms with Crippen LogP contribution in [0, 0.1) is 0 Å². The molecule has 1 fully saturated rings. The van der Waals surface area contributed by atoms with Gasteiger partial charge in [-0.2, -0.15) is 0 Å². The van der Waals surface area contributed by atoms with Crippen molar-refractivity contribution in [2.24, 2.45) is 0 Å².